The highest BCUT2D eigenvalue weighted by atomic mass is 32.2. The summed E-state index contributed by atoms with van der Waals surface area (Å²) in [6.45, 7) is 7.78. The Morgan fingerprint density at radius 1 is 1.11 bits per heavy atom. The number of ketones is 1. The Labute approximate surface area is 209 Å². The second-order valence-corrected chi connectivity index (χ2v) is 9.85. The Hall–Kier alpha value is -3.23. The van der Waals surface area contributed by atoms with Gasteiger partial charge < -0.3 is 9.30 Å². The van der Waals surface area contributed by atoms with Gasteiger partial charge in [-0.2, -0.15) is 0 Å². The number of pyridine rings is 1. The molecule has 0 spiro atoms. The summed E-state index contributed by atoms with van der Waals surface area (Å²) in [7, 11) is 0. The summed E-state index contributed by atoms with van der Waals surface area (Å²) in [5, 5.41) is 9.64. The second-order valence-electron chi connectivity index (χ2n) is 8.91. The molecule has 1 fully saturated rings. The molecule has 7 nitrogen and oxygen atoms in total. The molecule has 35 heavy (non-hydrogen) atoms. The number of rotatable bonds is 8. The highest BCUT2D eigenvalue weighted by Crippen LogP contribution is 2.30. The Bertz CT molecular complexity index is 1340. The maximum absolute atomic E-state index is 13.3. The summed E-state index contributed by atoms with van der Waals surface area (Å²) in [5.74, 6) is 1.10. The minimum Gasteiger partial charge on any atom is -0.376 e. The molecule has 1 aliphatic heterocycles. The number of thioether (sulfide) groups is 1. The third-order valence-corrected chi connectivity index (χ3v) is 7.47. The minimum absolute atomic E-state index is 0.0893. The monoisotopic (exact) mass is 487 g/mol. The number of carbonyl (C=O) groups excluding carboxylic acids is 1. The molecule has 4 heterocycles. The van der Waals surface area contributed by atoms with Gasteiger partial charge in [-0.1, -0.05) is 30.0 Å². The van der Waals surface area contributed by atoms with Gasteiger partial charge in [-0.15, -0.1) is 10.2 Å². The predicted molar refractivity (Wildman–Crippen MR) is 137 cm³/mol. The number of hydrogen-bond donors (Lipinski definition) is 0. The van der Waals surface area contributed by atoms with E-state index in [0.29, 0.717) is 5.16 Å². The third-order valence-electron chi connectivity index (χ3n) is 6.54. The first-order chi connectivity index (χ1) is 17.0. The summed E-state index contributed by atoms with van der Waals surface area (Å²) in [4.78, 5) is 17.4. The Morgan fingerprint density at radius 3 is 2.66 bits per heavy atom. The standard InChI is InChI=1S/C27H29N5O2S/c1-18-7-4-5-9-24(18)32-26(21-10-12-28-13-11-21)29-30-27(32)35-17-25(33)23-15-19(2)31(20(23)3)16-22-8-6-14-34-22/h4-5,7,9-13,15,22H,6,8,14,16-17H2,1-3H3/t22-/m0/s1. The Balaban J connectivity index is 1.41. The van der Waals surface area contributed by atoms with Gasteiger partial charge in [-0.25, -0.2) is 0 Å². The van der Waals surface area contributed by atoms with Gasteiger partial charge in [0, 0.05) is 48.1 Å². The van der Waals surface area contributed by atoms with Crippen molar-refractivity contribution in [3.8, 4) is 17.1 Å². The van der Waals surface area contributed by atoms with E-state index in [1.807, 2.05) is 47.9 Å². The summed E-state index contributed by atoms with van der Waals surface area (Å²) in [6.07, 6.45) is 5.90. The van der Waals surface area contributed by atoms with Crippen LogP contribution in [0.15, 0.2) is 60.0 Å². The van der Waals surface area contributed by atoms with Gasteiger partial charge >= 0.3 is 0 Å². The van der Waals surface area contributed by atoms with Crippen LogP contribution in [0.5, 0.6) is 0 Å². The molecule has 1 atom stereocenters. The van der Waals surface area contributed by atoms with Crippen molar-refractivity contribution in [1.82, 2.24) is 24.3 Å². The second kappa shape index (κ2) is 10.2. The van der Waals surface area contributed by atoms with E-state index in [4.69, 9.17) is 4.74 Å². The van der Waals surface area contributed by atoms with Crippen LogP contribution in [-0.4, -0.2) is 48.6 Å². The van der Waals surface area contributed by atoms with Gasteiger partial charge in [0.15, 0.2) is 16.8 Å². The van der Waals surface area contributed by atoms with E-state index < -0.39 is 0 Å². The van der Waals surface area contributed by atoms with Gasteiger partial charge in [0.25, 0.3) is 0 Å². The molecule has 8 heteroatoms. The highest BCUT2D eigenvalue weighted by molar-refractivity contribution is 7.99. The fraction of sp³-hybridized carbons (Fsp3) is 0.333. The Morgan fingerprint density at radius 2 is 1.91 bits per heavy atom. The van der Waals surface area contributed by atoms with Crippen LogP contribution >= 0.6 is 11.8 Å². The molecule has 4 aromatic rings. The lowest BCUT2D eigenvalue weighted by molar-refractivity contribution is 0.0957. The van der Waals surface area contributed by atoms with E-state index in [0.717, 1.165) is 65.6 Å². The van der Waals surface area contributed by atoms with Crippen molar-refractivity contribution >= 4 is 17.5 Å². The number of carbonyl (C=O) groups is 1. The zero-order chi connectivity index (χ0) is 24.4. The fourth-order valence-electron chi connectivity index (χ4n) is 4.65. The number of Topliss-reactive ketones (excluding diaryl/α,β-unsaturated/α-hetero) is 1. The Kier molecular flexibility index (Phi) is 6.83. The van der Waals surface area contributed by atoms with Gasteiger partial charge in [-0.05, 0) is 63.4 Å². The summed E-state index contributed by atoms with van der Waals surface area (Å²) in [6, 6.07) is 14.0. The van der Waals surface area contributed by atoms with Crippen molar-refractivity contribution < 1.29 is 9.53 Å². The van der Waals surface area contributed by atoms with E-state index in [-0.39, 0.29) is 17.6 Å². The number of ether oxygens (including phenoxy) is 1. The average Bonchev–Trinajstić information content (AvgIpc) is 3.60. The van der Waals surface area contributed by atoms with Crippen LogP contribution in [-0.2, 0) is 11.3 Å². The number of aromatic nitrogens is 5. The van der Waals surface area contributed by atoms with Crippen molar-refractivity contribution in [1.29, 1.82) is 0 Å². The number of hydrogen-bond acceptors (Lipinski definition) is 6. The smallest absolute Gasteiger partial charge is 0.196 e. The molecule has 5 rings (SSSR count). The van der Waals surface area contributed by atoms with Crippen LogP contribution in [0, 0.1) is 20.8 Å². The summed E-state index contributed by atoms with van der Waals surface area (Å²) in [5.41, 5.74) is 5.88. The average molecular weight is 488 g/mol. The number of para-hydroxylation sites is 1. The van der Waals surface area contributed by atoms with Crippen molar-refractivity contribution in [2.45, 2.75) is 51.4 Å². The van der Waals surface area contributed by atoms with E-state index >= 15 is 0 Å². The van der Waals surface area contributed by atoms with E-state index in [1.165, 1.54) is 11.8 Å². The van der Waals surface area contributed by atoms with Gasteiger partial charge in [-0.3, -0.25) is 14.3 Å². The lowest BCUT2D eigenvalue weighted by atomic mass is 10.2. The number of aryl methyl sites for hydroxylation is 2. The van der Waals surface area contributed by atoms with Crippen molar-refractivity contribution in [3.05, 3.63) is 77.4 Å². The summed E-state index contributed by atoms with van der Waals surface area (Å²) < 4.78 is 10.1. The molecule has 0 bridgehead atoms. The SMILES string of the molecule is Cc1ccccc1-n1c(SCC(=O)c2cc(C)n(C[C@@H]3CCCO3)c2C)nnc1-c1ccncc1. The van der Waals surface area contributed by atoms with Gasteiger partial charge in [0.2, 0.25) is 0 Å². The van der Waals surface area contributed by atoms with Crippen LogP contribution in [0.2, 0.25) is 0 Å². The van der Waals surface area contributed by atoms with Crippen LogP contribution in [0.4, 0.5) is 0 Å². The van der Waals surface area contributed by atoms with E-state index in [9.17, 15) is 4.79 Å². The molecule has 0 radical (unpaired) electrons. The lowest BCUT2D eigenvalue weighted by Crippen LogP contribution is -2.17. The number of nitrogens with zero attached hydrogens (tertiary/aromatic N) is 5. The van der Waals surface area contributed by atoms with Crippen LogP contribution in [0.1, 0.15) is 40.2 Å². The molecular formula is C27H29N5O2S. The highest BCUT2D eigenvalue weighted by Gasteiger charge is 2.23. The van der Waals surface area contributed by atoms with Crippen molar-refractivity contribution in [2.24, 2.45) is 0 Å². The van der Waals surface area contributed by atoms with E-state index in [1.54, 1.807) is 12.4 Å². The fourth-order valence-corrected chi connectivity index (χ4v) is 5.48. The lowest BCUT2D eigenvalue weighted by Gasteiger charge is -2.15. The molecule has 0 N–H and O–H groups in total. The molecule has 3 aromatic heterocycles. The third kappa shape index (κ3) is 4.81. The van der Waals surface area contributed by atoms with Crippen LogP contribution in [0.25, 0.3) is 17.1 Å². The van der Waals surface area contributed by atoms with Gasteiger partial charge in [0.1, 0.15) is 0 Å². The minimum atomic E-state index is 0.0893. The predicted octanol–water partition coefficient (Wildman–Crippen LogP) is 5.21. The van der Waals surface area contributed by atoms with Crippen LogP contribution < -0.4 is 0 Å². The maximum Gasteiger partial charge on any atom is 0.196 e. The molecule has 0 unspecified atom stereocenters. The molecule has 1 saturated heterocycles. The molecule has 0 amide bonds. The van der Waals surface area contributed by atoms with Gasteiger partial charge in [0.05, 0.1) is 17.5 Å². The first-order valence-electron chi connectivity index (χ1n) is 11.9. The molecule has 1 aromatic carbocycles. The number of benzene rings is 1. The normalized spacial score (nSPS) is 15.6. The zero-order valence-electron chi connectivity index (χ0n) is 20.3. The topological polar surface area (TPSA) is 74.8 Å². The molecular weight excluding hydrogens is 458 g/mol. The largest absolute Gasteiger partial charge is 0.376 e. The molecule has 1 aliphatic rings. The molecule has 180 valence electrons. The maximum atomic E-state index is 13.3. The summed E-state index contributed by atoms with van der Waals surface area (Å²) >= 11 is 1.42. The van der Waals surface area contributed by atoms with Crippen LogP contribution in [0.3, 0.4) is 0 Å². The zero-order valence-corrected chi connectivity index (χ0v) is 21.1. The van der Waals surface area contributed by atoms with E-state index in [2.05, 4.69) is 39.7 Å². The van der Waals surface area contributed by atoms with Crippen molar-refractivity contribution in [2.75, 3.05) is 12.4 Å². The first kappa shape index (κ1) is 23.5. The van der Waals surface area contributed by atoms with Crippen molar-refractivity contribution in [3.63, 3.8) is 0 Å². The first-order valence-corrected chi connectivity index (χ1v) is 12.9. The molecule has 0 aliphatic carbocycles. The molecule has 0 saturated carbocycles. The quantitative estimate of drug-likeness (QED) is 0.251.